The highest BCUT2D eigenvalue weighted by molar-refractivity contribution is 7.15. The van der Waals surface area contributed by atoms with E-state index in [4.69, 9.17) is 4.74 Å². The van der Waals surface area contributed by atoms with Crippen LogP contribution in [0.2, 0.25) is 0 Å². The Morgan fingerprint density at radius 2 is 1.70 bits per heavy atom. The van der Waals surface area contributed by atoms with Gasteiger partial charge >= 0.3 is 6.03 Å². The molecule has 0 aliphatic carbocycles. The van der Waals surface area contributed by atoms with Crippen molar-refractivity contribution >= 4 is 22.5 Å². The van der Waals surface area contributed by atoms with E-state index in [2.05, 4.69) is 63.7 Å². The van der Waals surface area contributed by atoms with E-state index in [0.717, 1.165) is 44.1 Å². The number of morpholine rings is 1. The number of benzene rings is 2. The second-order valence-corrected chi connectivity index (χ2v) is 9.54. The van der Waals surface area contributed by atoms with Crippen molar-refractivity contribution in [2.45, 2.75) is 19.3 Å². The zero-order valence-electron chi connectivity index (χ0n) is 19.2. The van der Waals surface area contributed by atoms with Gasteiger partial charge in [0.15, 0.2) is 5.13 Å². The van der Waals surface area contributed by atoms with E-state index in [1.165, 1.54) is 22.5 Å². The van der Waals surface area contributed by atoms with E-state index in [-0.39, 0.29) is 11.9 Å². The van der Waals surface area contributed by atoms with Gasteiger partial charge in [0, 0.05) is 49.7 Å². The molecule has 1 N–H and O–H groups in total. The lowest BCUT2D eigenvalue weighted by molar-refractivity contribution is 0.0351. The minimum absolute atomic E-state index is 0.0857. The number of aromatic nitrogens is 1. The third-order valence-electron chi connectivity index (χ3n) is 6.00. The van der Waals surface area contributed by atoms with Crippen LogP contribution in [0.15, 0.2) is 66.9 Å². The number of carbonyl (C=O) groups excluding carboxylic acids is 1. The summed E-state index contributed by atoms with van der Waals surface area (Å²) in [7, 11) is 0. The molecule has 0 saturated carbocycles. The number of hydrogen-bond acceptors (Lipinski definition) is 5. The molecule has 174 valence electrons. The third-order valence-corrected chi connectivity index (χ3v) is 6.83. The molecule has 0 radical (unpaired) electrons. The van der Waals surface area contributed by atoms with Crippen LogP contribution < -0.4 is 5.32 Å². The molecule has 3 aromatic rings. The van der Waals surface area contributed by atoms with Crippen LogP contribution in [0.3, 0.4) is 0 Å². The van der Waals surface area contributed by atoms with Gasteiger partial charge in [0.05, 0.1) is 13.2 Å². The van der Waals surface area contributed by atoms with Crippen molar-refractivity contribution in [2.75, 3.05) is 51.3 Å². The summed E-state index contributed by atoms with van der Waals surface area (Å²) in [5, 5.41) is 3.65. The summed E-state index contributed by atoms with van der Waals surface area (Å²) in [4.78, 5) is 22.9. The summed E-state index contributed by atoms with van der Waals surface area (Å²) in [6.07, 6.45) is 2.64. The van der Waals surface area contributed by atoms with Crippen LogP contribution in [-0.2, 0) is 4.74 Å². The summed E-state index contributed by atoms with van der Waals surface area (Å²) < 4.78 is 5.47. The minimum atomic E-state index is -0.0857. The fourth-order valence-corrected chi connectivity index (χ4v) is 4.82. The fourth-order valence-electron chi connectivity index (χ4n) is 4.17. The summed E-state index contributed by atoms with van der Waals surface area (Å²) in [5.74, 6) is 0.230. The molecule has 0 bridgehead atoms. The van der Waals surface area contributed by atoms with E-state index in [1.54, 1.807) is 6.20 Å². The molecule has 4 rings (SSSR count). The Hall–Kier alpha value is -2.74. The lowest BCUT2D eigenvalue weighted by Gasteiger charge is -2.31. The molecule has 1 saturated heterocycles. The van der Waals surface area contributed by atoms with Gasteiger partial charge in [0.25, 0.3) is 0 Å². The van der Waals surface area contributed by atoms with E-state index < -0.39 is 0 Å². The van der Waals surface area contributed by atoms with Gasteiger partial charge in [-0.25, -0.2) is 9.78 Å². The van der Waals surface area contributed by atoms with Crippen LogP contribution in [0.4, 0.5) is 9.93 Å². The zero-order valence-corrected chi connectivity index (χ0v) is 20.0. The predicted molar refractivity (Wildman–Crippen MR) is 134 cm³/mol. The SMILES string of the molecule is Cc1cnc(NC(=O)N(CCC(c2ccccc2)c2ccccc2)CCN2CCOCC2)s1. The highest BCUT2D eigenvalue weighted by Crippen LogP contribution is 2.28. The highest BCUT2D eigenvalue weighted by Gasteiger charge is 2.21. The Kier molecular flexibility index (Phi) is 8.47. The van der Waals surface area contributed by atoms with Gasteiger partial charge in [0.2, 0.25) is 0 Å². The van der Waals surface area contributed by atoms with Crippen molar-refractivity contribution in [1.29, 1.82) is 0 Å². The first-order valence-electron chi connectivity index (χ1n) is 11.6. The van der Waals surface area contributed by atoms with Crippen LogP contribution >= 0.6 is 11.3 Å². The maximum atomic E-state index is 13.2. The molecule has 0 unspecified atom stereocenters. The molecule has 7 heteroatoms. The van der Waals surface area contributed by atoms with Crippen LogP contribution in [0, 0.1) is 6.92 Å². The average molecular weight is 465 g/mol. The Labute approximate surface area is 200 Å². The summed E-state index contributed by atoms with van der Waals surface area (Å²) in [6, 6.07) is 21.0. The van der Waals surface area contributed by atoms with Gasteiger partial charge in [0.1, 0.15) is 0 Å². The van der Waals surface area contributed by atoms with E-state index in [0.29, 0.717) is 18.2 Å². The molecule has 6 nitrogen and oxygen atoms in total. The predicted octanol–water partition coefficient (Wildman–Crippen LogP) is 4.84. The number of aryl methyl sites for hydroxylation is 1. The van der Waals surface area contributed by atoms with E-state index >= 15 is 0 Å². The summed E-state index contributed by atoms with van der Waals surface area (Å²) >= 11 is 1.50. The Morgan fingerprint density at radius 3 is 2.27 bits per heavy atom. The number of nitrogens with one attached hydrogen (secondary N) is 1. The minimum Gasteiger partial charge on any atom is -0.379 e. The van der Waals surface area contributed by atoms with Crippen molar-refractivity contribution < 1.29 is 9.53 Å². The number of thiazole rings is 1. The Morgan fingerprint density at radius 1 is 1.06 bits per heavy atom. The topological polar surface area (TPSA) is 57.7 Å². The van der Waals surface area contributed by atoms with Crippen molar-refractivity contribution in [3.8, 4) is 0 Å². The quantitative estimate of drug-likeness (QED) is 0.492. The third kappa shape index (κ3) is 6.87. The maximum Gasteiger partial charge on any atom is 0.323 e. The number of amides is 2. The van der Waals surface area contributed by atoms with Crippen LogP contribution in [0.25, 0.3) is 0 Å². The Balaban J connectivity index is 1.47. The first-order valence-corrected chi connectivity index (χ1v) is 12.4. The van der Waals surface area contributed by atoms with E-state index in [9.17, 15) is 4.79 Å². The van der Waals surface area contributed by atoms with Crippen LogP contribution in [0.5, 0.6) is 0 Å². The molecule has 2 heterocycles. The van der Waals surface area contributed by atoms with Crippen LogP contribution in [0.1, 0.15) is 28.3 Å². The number of anilines is 1. The largest absolute Gasteiger partial charge is 0.379 e. The second kappa shape index (κ2) is 11.9. The maximum absolute atomic E-state index is 13.2. The van der Waals surface area contributed by atoms with Crippen molar-refractivity contribution in [3.05, 3.63) is 82.9 Å². The molecule has 1 aromatic heterocycles. The molecule has 33 heavy (non-hydrogen) atoms. The van der Waals surface area contributed by atoms with Crippen molar-refractivity contribution in [1.82, 2.24) is 14.8 Å². The van der Waals surface area contributed by atoms with Crippen molar-refractivity contribution in [3.63, 3.8) is 0 Å². The first kappa shape index (κ1) is 23.4. The van der Waals surface area contributed by atoms with Crippen LogP contribution in [-0.4, -0.2) is 66.8 Å². The Bertz CT molecular complexity index is 950. The van der Waals surface area contributed by atoms with Gasteiger partial charge in [-0.2, -0.15) is 0 Å². The molecule has 0 spiro atoms. The monoisotopic (exact) mass is 464 g/mol. The molecule has 0 atom stereocenters. The number of nitrogens with zero attached hydrogens (tertiary/aromatic N) is 3. The molecular formula is C26H32N4O2S. The fraction of sp³-hybridized carbons (Fsp3) is 0.385. The summed E-state index contributed by atoms with van der Waals surface area (Å²) in [5.41, 5.74) is 2.54. The number of hydrogen-bond donors (Lipinski definition) is 1. The highest BCUT2D eigenvalue weighted by atomic mass is 32.1. The molecule has 2 aromatic carbocycles. The molecule has 2 amide bonds. The molecule has 1 aliphatic rings. The lowest BCUT2D eigenvalue weighted by Crippen LogP contribution is -2.44. The number of rotatable bonds is 9. The van der Waals surface area contributed by atoms with Gasteiger partial charge in [-0.15, -0.1) is 11.3 Å². The number of carbonyl (C=O) groups is 1. The average Bonchev–Trinajstić information content (AvgIpc) is 3.27. The molecular weight excluding hydrogens is 432 g/mol. The summed E-state index contributed by atoms with van der Waals surface area (Å²) in [6.45, 7) is 7.52. The van der Waals surface area contributed by atoms with Crippen molar-refractivity contribution in [2.24, 2.45) is 0 Å². The van der Waals surface area contributed by atoms with E-state index in [1.807, 2.05) is 24.0 Å². The second-order valence-electron chi connectivity index (χ2n) is 8.31. The first-order chi connectivity index (χ1) is 16.2. The molecule has 1 aliphatic heterocycles. The van der Waals surface area contributed by atoms with Gasteiger partial charge in [-0.05, 0) is 24.5 Å². The zero-order chi connectivity index (χ0) is 22.9. The normalized spacial score (nSPS) is 14.4. The smallest absolute Gasteiger partial charge is 0.323 e. The van der Waals surface area contributed by atoms with Gasteiger partial charge < -0.3 is 9.64 Å². The number of urea groups is 1. The van der Waals surface area contributed by atoms with Gasteiger partial charge in [-0.3, -0.25) is 10.2 Å². The number of ether oxygens (including phenoxy) is 1. The standard InChI is InChI=1S/C26H32N4O2S/c1-21-20-27-25(33-21)28-26(31)30(15-14-29-16-18-32-19-17-29)13-12-24(22-8-4-2-5-9-22)23-10-6-3-7-11-23/h2-11,20,24H,12-19H2,1H3,(H,27,28,31). The lowest BCUT2D eigenvalue weighted by atomic mass is 9.88. The molecule has 1 fully saturated rings. The van der Waals surface area contributed by atoms with Gasteiger partial charge in [-0.1, -0.05) is 60.7 Å².